The largest absolute Gasteiger partial charge is 0.445 e. The molecular weight excluding hydrogens is 264 g/mol. The van der Waals surface area contributed by atoms with Crippen molar-refractivity contribution in [3.05, 3.63) is 58.9 Å². The van der Waals surface area contributed by atoms with Crippen LogP contribution in [0.15, 0.2) is 36.4 Å². The highest BCUT2D eigenvalue weighted by Crippen LogP contribution is 2.13. The summed E-state index contributed by atoms with van der Waals surface area (Å²) in [6, 6.07) is 11.8. The molecule has 0 bridgehead atoms. The Kier molecular flexibility index (Phi) is 5.04. The van der Waals surface area contributed by atoms with Crippen molar-refractivity contribution in [2.24, 2.45) is 7.05 Å². The number of aromatic nitrogens is 1. The lowest BCUT2D eigenvalue weighted by Crippen LogP contribution is -2.26. The summed E-state index contributed by atoms with van der Waals surface area (Å²) in [6.07, 6.45) is 0.442. The molecule has 0 saturated heterocycles. The number of aryl methyl sites for hydroxylation is 1. The van der Waals surface area contributed by atoms with Crippen molar-refractivity contribution in [1.82, 2.24) is 9.88 Å². The number of ether oxygens (including phenoxy) is 1. The Bertz CT molecular complexity index is 603. The molecular formula is C17H22N2O2. The van der Waals surface area contributed by atoms with E-state index in [1.165, 1.54) is 17.0 Å². The summed E-state index contributed by atoms with van der Waals surface area (Å²) in [7, 11) is 2.05. The third-order valence-electron chi connectivity index (χ3n) is 3.76. The molecule has 0 aliphatic carbocycles. The first-order valence-electron chi connectivity index (χ1n) is 7.14. The quantitative estimate of drug-likeness (QED) is 0.917. The van der Waals surface area contributed by atoms with Crippen molar-refractivity contribution < 1.29 is 9.53 Å². The molecule has 0 aliphatic heterocycles. The molecule has 21 heavy (non-hydrogen) atoms. The zero-order chi connectivity index (χ0) is 15.2. The smallest absolute Gasteiger partial charge is 0.407 e. The van der Waals surface area contributed by atoms with Crippen LogP contribution in [0.2, 0.25) is 0 Å². The van der Waals surface area contributed by atoms with Gasteiger partial charge in [-0.25, -0.2) is 4.79 Å². The topological polar surface area (TPSA) is 43.3 Å². The molecule has 4 nitrogen and oxygen atoms in total. The van der Waals surface area contributed by atoms with Crippen LogP contribution in [0.4, 0.5) is 4.79 Å². The fraction of sp³-hybridized carbons (Fsp3) is 0.353. The monoisotopic (exact) mass is 286 g/mol. The van der Waals surface area contributed by atoms with Gasteiger partial charge in [0.25, 0.3) is 0 Å². The second-order valence-corrected chi connectivity index (χ2v) is 5.19. The molecule has 0 atom stereocenters. The molecule has 0 aliphatic rings. The second kappa shape index (κ2) is 6.97. The number of benzene rings is 1. The summed E-state index contributed by atoms with van der Waals surface area (Å²) in [4.78, 5) is 11.6. The van der Waals surface area contributed by atoms with Gasteiger partial charge in [0, 0.05) is 25.0 Å². The van der Waals surface area contributed by atoms with E-state index in [-0.39, 0.29) is 6.09 Å². The lowest BCUT2D eigenvalue weighted by atomic mass is 10.2. The van der Waals surface area contributed by atoms with Crippen LogP contribution in [0.1, 0.15) is 22.5 Å². The van der Waals surface area contributed by atoms with Gasteiger partial charge in [-0.3, -0.25) is 0 Å². The Balaban J connectivity index is 1.73. The van der Waals surface area contributed by atoms with E-state index < -0.39 is 0 Å². The average molecular weight is 286 g/mol. The number of carbonyl (C=O) groups is 1. The van der Waals surface area contributed by atoms with Crippen LogP contribution in [0, 0.1) is 13.8 Å². The Morgan fingerprint density at radius 1 is 1.24 bits per heavy atom. The van der Waals surface area contributed by atoms with Gasteiger partial charge in [-0.15, -0.1) is 0 Å². The van der Waals surface area contributed by atoms with E-state index in [0.29, 0.717) is 13.2 Å². The molecule has 0 saturated carbocycles. The predicted octanol–water partition coefficient (Wildman–Crippen LogP) is 3.11. The molecule has 1 N–H and O–H groups in total. The van der Waals surface area contributed by atoms with Crippen LogP contribution in [0.25, 0.3) is 0 Å². The molecule has 112 valence electrons. The first kappa shape index (κ1) is 15.2. The summed E-state index contributed by atoms with van der Waals surface area (Å²) < 4.78 is 7.33. The Labute approximate surface area is 125 Å². The molecule has 0 spiro atoms. The van der Waals surface area contributed by atoms with E-state index in [4.69, 9.17) is 4.74 Å². The zero-order valence-electron chi connectivity index (χ0n) is 12.8. The Morgan fingerprint density at radius 2 is 1.95 bits per heavy atom. The standard InChI is InChI=1S/C17H22N2O2/c1-13-11-16(14(2)19(13)3)9-10-18-17(20)21-12-15-7-5-4-6-8-15/h4-8,11H,9-10,12H2,1-3H3,(H,18,20). The van der Waals surface area contributed by atoms with Crippen molar-refractivity contribution in [1.29, 1.82) is 0 Å². The van der Waals surface area contributed by atoms with Gasteiger partial charge in [0.2, 0.25) is 0 Å². The van der Waals surface area contributed by atoms with E-state index in [2.05, 4.69) is 36.8 Å². The molecule has 0 radical (unpaired) electrons. The number of nitrogens with one attached hydrogen (secondary N) is 1. The van der Waals surface area contributed by atoms with Crippen LogP contribution in [0.3, 0.4) is 0 Å². The molecule has 2 aromatic rings. The third kappa shape index (κ3) is 4.12. The average Bonchev–Trinajstić information content (AvgIpc) is 2.74. The van der Waals surface area contributed by atoms with Gasteiger partial charge in [0.15, 0.2) is 0 Å². The summed E-state index contributed by atoms with van der Waals surface area (Å²) in [6.45, 7) is 5.06. The number of rotatable bonds is 5. The van der Waals surface area contributed by atoms with Gasteiger partial charge in [-0.05, 0) is 37.5 Å². The second-order valence-electron chi connectivity index (χ2n) is 5.19. The van der Waals surface area contributed by atoms with Crippen molar-refractivity contribution in [2.45, 2.75) is 26.9 Å². The lowest BCUT2D eigenvalue weighted by Gasteiger charge is -2.07. The van der Waals surface area contributed by atoms with Gasteiger partial charge >= 0.3 is 6.09 Å². The van der Waals surface area contributed by atoms with Crippen LogP contribution >= 0.6 is 0 Å². The maximum absolute atomic E-state index is 11.6. The third-order valence-corrected chi connectivity index (χ3v) is 3.76. The number of carbonyl (C=O) groups excluding carboxylic acids is 1. The van der Waals surface area contributed by atoms with Gasteiger partial charge in [0.1, 0.15) is 6.61 Å². The highest BCUT2D eigenvalue weighted by molar-refractivity contribution is 5.67. The van der Waals surface area contributed by atoms with Crippen LogP contribution in [0.5, 0.6) is 0 Å². The highest BCUT2D eigenvalue weighted by Gasteiger charge is 2.07. The van der Waals surface area contributed by atoms with Gasteiger partial charge in [-0.2, -0.15) is 0 Å². The van der Waals surface area contributed by atoms with Crippen molar-refractivity contribution in [2.75, 3.05) is 6.54 Å². The zero-order valence-corrected chi connectivity index (χ0v) is 12.8. The van der Waals surface area contributed by atoms with E-state index in [1.54, 1.807) is 0 Å². The molecule has 1 aromatic carbocycles. The first-order chi connectivity index (χ1) is 10.1. The number of alkyl carbamates (subject to hydrolysis) is 1. The summed E-state index contributed by atoms with van der Waals surface area (Å²) in [5.74, 6) is 0. The van der Waals surface area contributed by atoms with E-state index >= 15 is 0 Å². The first-order valence-corrected chi connectivity index (χ1v) is 7.14. The minimum Gasteiger partial charge on any atom is -0.445 e. The molecule has 1 aromatic heterocycles. The SMILES string of the molecule is Cc1cc(CCNC(=O)OCc2ccccc2)c(C)n1C. The van der Waals surface area contributed by atoms with Crippen LogP contribution in [-0.4, -0.2) is 17.2 Å². The van der Waals surface area contributed by atoms with Gasteiger partial charge < -0.3 is 14.6 Å². The van der Waals surface area contributed by atoms with E-state index in [9.17, 15) is 4.79 Å². The number of amides is 1. The van der Waals surface area contributed by atoms with Crippen LogP contribution in [-0.2, 0) is 24.8 Å². The maximum Gasteiger partial charge on any atom is 0.407 e. The lowest BCUT2D eigenvalue weighted by molar-refractivity contribution is 0.140. The van der Waals surface area contributed by atoms with Crippen molar-refractivity contribution >= 4 is 6.09 Å². The predicted molar refractivity (Wildman–Crippen MR) is 83.2 cm³/mol. The molecule has 1 amide bonds. The van der Waals surface area contributed by atoms with Crippen molar-refractivity contribution in [3.8, 4) is 0 Å². The molecule has 0 unspecified atom stereocenters. The molecule has 4 heteroatoms. The van der Waals surface area contributed by atoms with Crippen molar-refractivity contribution in [3.63, 3.8) is 0 Å². The maximum atomic E-state index is 11.6. The normalized spacial score (nSPS) is 10.4. The fourth-order valence-electron chi connectivity index (χ4n) is 2.26. The van der Waals surface area contributed by atoms with Crippen LogP contribution < -0.4 is 5.32 Å². The molecule has 0 fully saturated rings. The number of hydrogen-bond donors (Lipinski definition) is 1. The Morgan fingerprint density at radius 3 is 2.57 bits per heavy atom. The highest BCUT2D eigenvalue weighted by atomic mass is 16.5. The molecule has 2 rings (SSSR count). The number of nitrogens with zero attached hydrogens (tertiary/aromatic N) is 1. The Hall–Kier alpha value is -2.23. The minimum atomic E-state index is -0.371. The van der Waals surface area contributed by atoms with E-state index in [1.807, 2.05) is 30.3 Å². The summed E-state index contributed by atoms with van der Waals surface area (Å²) in [5, 5.41) is 2.79. The summed E-state index contributed by atoms with van der Waals surface area (Å²) in [5.41, 5.74) is 4.72. The van der Waals surface area contributed by atoms with E-state index in [0.717, 1.165) is 12.0 Å². The van der Waals surface area contributed by atoms with Gasteiger partial charge in [-0.1, -0.05) is 30.3 Å². The molecule has 1 heterocycles. The minimum absolute atomic E-state index is 0.302. The fourth-order valence-corrected chi connectivity index (χ4v) is 2.26. The summed E-state index contributed by atoms with van der Waals surface area (Å²) >= 11 is 0. The van der Waals surface area contributed by atoms with Gasteiger partial charge in [0.05, 0.1) is 0 Å². The number of hydrogen-bond acceptors (Lipinski definition) is 2.